The van der Waals surface area contributed by atoms with E-state index in [1.165, 1.54) is 10.5 Å². The van der Waals surface area contributed by atoms with Crippen molar-refractivity contribution in [2.24, 2.45) is 0 Å². The van der Waals surface area contributed by atoms with Crippen LogP contribution < -0.4 is 0 Å². The Kier molecular flexibility index (Phi) is 4.89. The fourth-order valence-corrected chi connectivity index (χ4v) is 1.70. The van der Waals surface area contributed by atoms with Crippen molar-refractivity contribution in [3.63, 3.8) is 0 Å². The van der Waals surface area contributed by atoms with Gasteiger partial charge in [-0.15, -0.1) is 0 Å². The largest absolute Gasteiger partial charge is 0.459 e. The Morgan fingerprint density at radius 2 is 1.94 bits per heavy atom. The Labute approximate surface area is 108 Å². The van der Waals surface area contributed by atoms with Gasteiger partial charge in [-0.25, -0.2) is 4.79 Å². The molecule has 0 N–H and O–H groups in total. The topological polar surface area (TPSA) is 46.6 Å². The highest BCUT2D eigenvalue weighted by Crippen LogP contribution is 2.12. The van der Waals surface area contributed by atoms with Crippen molar-refractivity contribution < 1.29 is 14.3 Å². The van der Waals surface area contributed by atoms with Crippen LogP contribution in [-0.4, -0.2) is 30.4 Å². The summed E-state index contributed by atoms with van der Waals surface area (Å²) in [6.45, 7) is 6.30. The third-order valence-corrected chi connectivity index (χ3v) is 2.70. The van der Waals surface area contributed by atoms with Crippen molar-refractivity contribution >= 4 is 11.9 Å². The van der Waals surface area contributed by atoms with E-state index in [4.69, 9.17) is 0 Å². The summed E-state index contributed by atoms with van der Waals surface area (Å²) >= 11 is 0. The van der Waals surface area contributed by atoms with E-state index < -0.39 is 11.9 Å². The first kappa shape index (κ1) is 14.2. The van der Waals surface area contributed by atoms with E-state index in [-0.39, 0.29) is 6.61 Å². The molecule has 0 heterocycles. The molecule has 0 aliphatic heterocycles. The second-order valence-electron chi connectivity index (χ2n) is 4.31. The number of nitrogens with zero attached hydrogens (tertiary/aromatic N) is 1. The van der Waals surface area contributed by atoms with E-state index in [2.05, 4.69) is 10.8 Å². The number of aryl methyl sites for hydroxylation is 2. The van der Waals surface area contributed by atoms with Crippen LogP contribution in [-0.2, 0) is 20.9 Å². The predicted molar refractivity (Wildman–Crippen MR) is 69.0 cm³/mol. The SMILES string of the molecule is CCOC(=O)C(=O)N(C)Cc1ccc(C)cc1C. The Morgan fingerprint density at radius 1 is 1.28 bits per heavy atom. The van der Waals surface area contributed by atoms with E-state index in [1.54, 1.807) is 14.0 Å². The number of hydrogen-bond acceptors (Lipinski definition) is 3. The molecule has 0 aliphatic carbocycles. The van der Waals surface area contributed by atoms with Crippen molar-refractivity contribution in [2.75, 3.05) is 13.7 Å². The molecule has 1 aromatic rings. The first-order valence-electron chi connectivity index (χ1n) is 5.94. The fraction of sp³-hybridized carbons (Fsp3) is 0.429. The lowest BCUT2D eigenvalue weighted by Crippen LogP contribution is -2.34. The molecular weight excluding hydrogens is 230 g/mol. The smallest absolute Gasteiger partial charge is 0.397 e. The third kappa shape index (κ3) is 3.58. The van der Waals surface area contributed by atoms with Gasteiger partial charge in [0, 0.05) is 13.6 Å². The van der Waals surface area contributed by atoms with Crippen LogP contribution in [0.1, 0.15) is 23.6 Å². The highest BCUT2D eigenvalue weighted by molar-refractivity contribution is 6.32. The van der Waals surface area contributed by atoms with Crippen molar-refractivity contribution in [3.8, 4) is 0 Å². The second-order valence-corrected chi connectivity index (χ2v) is 4.31. The molecule has 18 heavy (non-hydrogen) atoms. The molecule has 0 aliphatic rings. The maximum absolute atomic E-state index is 11.7. The van der Waals surface area contributed by atoms with Gasteiger partial charge in [0.25, 0.3) is 0 Å². The molecule has 0 bridgehead atoms. The lowest BCUT2D eigenvalue weighted by atomic mass is 10.1. The predicted octanol–water partition coefficient (Wildman–Crippen LogP) is 1.82. The summed E-state index contributed by atoms with van der Waals surface area (Å²) in [4.78, 5) is 24.3. The minimum Gasteiger partial charge on any atom is -0.459 e. The summed E-state index contributed by atoms with van der Waals surface area (Å²) in [6.07, 6.45) is 0. The minimum atomic E-state index is -0.801. The van der Waals surface area contributed by atoms with Gasteiger partial charge in [0.1, 0.15) is 0 Å². The molecule has 0 atom stereocenters. The monoisotopic (exact) mass is 249 g/mol. The van der Waals surface area contributed by atoms with Crippen LogP contribution in [0.2, 0.25) is 0 Å². The Bertz CT molecular complexity index is 454. The van der Waals surface area contributed by atoms with E-state index in [1.807, 2.05) is 26.0 Å². The molecule has 0 saturated carbocycles. The van der Waals surface area contributed by atoms with E-state index in [0.717, 1.165) is 11.1 Å². The Hall–Kier alpha value is -1.84. The van der Waals surface area contributed by atoms with Crippen molar-refractivity contribution in [2.45, 2.75) is 27.3 Å². The first-order chi connectivity index (χ1) is 8.45. The average molecular weight is 249 g/mol. The van der Waals surface area contributed by atoms with Crippen LogP contribution in [0.3, 0.4) is 0 Å². The number of ether oxygens (including phenoxy) is 1. The lowest BCUT2D eigenvalue weighted by Gasteiger charge is -2.17. The second kappa shape index (κ2) is 6.19. The standard InChI is InChI=1S/C14H19NO3/c1-5-18-14(17)13(16)15(4)9-12-7-6-10(2)8-11(12)3/h6-8H,5,9H2,1-4H3. The van der Waals surface area contributed by atoms with Gasteiger partial charge in [0.15, 0.2) is 0 Å². The zero-order valence-corrected chi connectivity index (χ0v) is 11.3. The summed E-state index contributed by atoms with van der Waals surface area (Å²) in [7, 11) is 1.60. The zero-order valence-electron chi connectivity index (χ0n) is 11.3. The van der Waals surface area contributed by atoms with Gasteiger partial charge in [0.05, 0.1) is 6.61 Å². The van der Waals surface area contributed by atoms with Crippen LogP contribution in [0.15, 0.2) is 18.2 Å². The third-order valence-electron chi connectivity index (χ3n) is 2.70. The molecule has 1 rings (SSSR count). The van der Waals surface area contributed by atoms with E-state index >= 15 is 0 Å². The van der Waals surface area contributed by atoms with E-state index in [9.17, 15) is 9.59 Å². The molecule has 4 heteroatoms. The first-order valence-corrected chi connectivity index (χ1v) is 5.94. The van der Waals surface area contributed by atoms with Crippen LogP contribution in [0.4, 0.5) is 0 Å². The van der Waals surface area contributed by atoms with Crippen LogP contribution >= 0.6 is 0 Å². The number of esters is 1. The fourth-order valence-electron chi connectivity index (χ4n) is 1.70. The maximum atomic E-state index is 11.7. The zero-order chi connectivity index (χ0) is 13.7. The summed E-state index contributed by atoms with van der Waals surface area (Å²) in [5.74, 6) is -1.42. The Balaban J connectivity index is 2.72. The maximum Gasteiger partial charge on any atom is 0.397 e. The van der Waals surface area contributed by atoms with E-state index in [0.29, 0.717) is 6.54 Å². The number of benzene rings is 1. The van der Waals surface area contributed by atoms with Crippen LogP contribution in [0.25, 0.3) is 0 Å². The summed E-state index contributed by atoms with van der Waals surface area (Å²) in [6, 6.07) is 6.02. The average Bonchev–Trinajstić information content (AvgIpc) is 2.32. The quantitative estimate of drug-likeness (QED) is 0.606. The highest BCUT2D eigenvalue weighted by atomic mass is 16.5. The summed E-state index contributed by atoms with van der Waals surface area (Å²) < 4.78 is 4.68. The number of amides is 1. The number of carbonyl (C=O) groups is 2. The molecule has 0 saturated heterocycles. The van der Waals surface area contributed by atoms with Crippen molar-refractivity contribution in [1.82, 2.24) is 4.90 Å². The molecule has 1 aromatic carbocycles. The van der Waals surface area contributed by atoms with Crippen molar-refractivity contribution in [3.05, 3.63) is 34.9 Å². The van der Waals surface area contributed by atoms with Gasteiger partial charge < -0.3 is 9.64 Å². The summed E-state index contributed by atoms with van der Waals surface area (Å²) in [5.41, 5.74) is 3.31. The molecule has 98 valence electrons. The number of carbonyl (C=O) groups excluding carboxylic acids is 2. The number of likely N-dealkylation sites (N-methyl/N-ethyl adjacent to an activating group) is 1. The van der Waals surface area contributed by atoms with Gasteiger partial charge in [-0.2, -0.15) is 0 Å². The summed E-state index contributed by atoms with van der Waals surface area (Å²) in [5, 5.41) is 0. The molecule has 0 aromatic heterocycles. The molecule has 4 nitrogen and oxygen atoms in total. The Morgan fingerprint density at radius 3 is 2.50 bits per heavy atom. The van der Waals surface area contributed by atoms with Gasteiger partial charge in [-0.05, 0) is 31.9 Å². The number of hydrogen-bond donors (Lipinski definition) is 0. The van der Waals surface area contributed by atoms with Crippen molar-refractivity contribution in [1.29, 1.82) is 0 Å². The molecule has 0 radical (unpaired) electrons. The number of rotatable bonds is 3. The highest BCUT2D eigenvalue weighted by Gasteiger charge is 2.20. The van der Waals surface area contributed by atoms with Gasteiger partial charge >= 0.3 is 11.9 Å². The molecule has 0 spiro atoms. The molecule has 0 fully saturated rings. The molecule has 0 unspecified atom stereocenters. The normalized spacial score (nSPS) is 10.0. The van der Waals surface area contributed by atoms with Crippen LogP contribution in [0.5, 0.6) is 0 Å². The lowest BCUT2D eigenvalue weighted by molar-refractivity contribution is -0.159. The van der Waals surface area contributed by atoms with Gasteiger partial charge in [-0.1, -0.05) is 23.8 Å². The minimum absolute atomic E-state index is 0.210. The van der Waals surface area contributed by atoms with Gasteiger partial charge in [0.2, 0.25) is 0 Å². The molecule has 1 amide bonds. The molecular formula is C14H19NO3. The van der Waals surface area contributed by atoms with Gasteiger partial charge in [-0.3, -0.25) is 4.79 Å². The van der Waals surface area contributed by atoms with Crippen LogP contribution in [0, 0.1) is 13.8 Å².